The molecule has 0 bridgehead atoms. The van der Waals surface area contributed by atoms with E-state index in [-0.39, 0.29) is 0 Å². The first-order valence-electron chi connectivity index (χ1n) is 8.39. The topological polar surface area (TPSA) is 55.6 Å². The van der Waals surface area contributed by atoms with Gasteiger partial charge < -0.3 is 9.64 Å². The second kappa shape index (κ2) is 6.19. The van der Waals surface area contributed by atoms with Crippen LogP contribution in [-0.4, -0.2) is 38.1 Å². The number of likely N-dealkylation sites (N-methyl/N-ethyl adjacent to an activating group) is 1. The van der Waals surface area contributed by atoms with E-state index in [1.165, 1.54) is 10.4 Å². The molecular formula is C18H16ClN5OS. The maximum atomic E-state index is 5.90. The highest BCUT2D eigenvalue weighted by Crippen LogP contribution is 2.35. The van der Waals surface area contributed by atoms with Gasteiger partial charge in [-0.15, -0.1) is 16.4 Å². The molecule has 0 unspecified atom stereocenters. The van der Waals surface area contributed by atoms with E-state index in [1.54, 1.807) is 34.3 Å². The maximum Gasteiger partial charge on any atom is 0.189 e. The standard InChI is InChI=1S/C18H16ClN5OS/c1-23-7-6-13-14(8-23)26-18-16(13)17-21-15(22-24(17)10-20-18)9-25-12-4-2-11(19)3-5-12/h2-5,10H,6-9H2,1H3. The van der Waals surface area contributed by atoms with E-state index in [2.05, 4.69) is 22.0 Å². The number of aromatic nitrogens is 4. The second-order valence-electron chi connectivity index (χ2n) is 6.46. The molecule has 0 aliphatic carbocycles. The van der Waals surface area contributed by atoms with Crippen LogP contribution in [0.15, 0.2) is 30.6 Å². The summed E-state index contributed by atoms with van der Waals surface area (Å²) in [5.41, 5.74) is 2.24. The maximum absolute atomic E-state index is 5.90. The molecule has 0 atom stereocenters. The van der Waals surface area contributed by atoms with Crippen LogP contribution in [0.1, 0.15) is 16.3 Å². The fraction of sp³-hybridized carbons (Fsp3) is 0.278. The van der Waals surface area contributed by atoms with Gasteiger partial charge in [-0.2, -0.15) is 0 Å². The minimum absolute atomic E-state index is 0.305. The first kappa shape index (κ1) is 16.0. The van der Waals surface area contributed by atoms with Gasteiger partial charge in [-0.25, -0.2) is 14.5 Å². The van der Waals surface area contributed by atoms with Crippen molar-refractivity contribution in [1.29, 1.82) is 0 Å². The molecule has 4 aromatic rings. The molecule has 0 amide bonds. The lowest BCUT2D eigenvalue weighted by Crippen LogP contribution is -2.25. The minimum Gasteiger partial charge on any atom is -0.486 e. The van der Waals surface area contributed by atoms with E-state index < -0.39 is 0 Å². The lowest BCUT2D eigenvalue weighted by Gasteiger charge is -2.21. The average molecular weight is 386 g/mol. The molecule has 6 nitrogen and oxygen atoms in total. The van der Waals surface area contributed by atoms with Crippen molar-refractivity contribution in [2.45, 2.75) is 19.6 Å². The second-order valence-corrected chi connectivity index (χ2v) is 7.98. The van der Waals surface area contributed by atoms with Gasteiger partial charge in [0.05, 0.1) is 5.39 Å². The number of rotatable bonds is 3. The summed E-state index contributed by atoms with van der Waals surface area (Å²) in [6, 6.07) is 7.28. The molecule has 0 spiro atoms. The van der Waals surface area contributed by atoms with Crippen molar-refractivity contribution in [2.24, 2.45) is 0 Å². The lowest BCUT2D eigenvalue weighted by molar-refractivity contribution is 0.296. The summed E-state index contributed by atoms with van der Waals surface area (Å²) in [7, 11) is 2.15. The Hall–Kier alpha value is -2.22. The SMILES string of the molecule is CN1CCc2c(sc3ncn4nc(COc5ccc(Cl)cc5)nc4c23)C1. The first-order valence-corrected chi connectivity index (χ1v) is 9.58. The zero-order valence-electron chi connectivity index (χ0n) is 14.1. The molecular weight excluding hydrogens is 370 g/mol. The number of hydrogen-bond donors (Lipinski definition) is 0. The molecule has 26 heavy (non-hydrogen) atoms. The van der Waals surface area contributed by atoms with Crippen LogP contribution in [0.2, 0.25) is 5.02 Å². The fourth-order valence-electron chi connectivity index (χ4n) is 3.30. The van der Waals surface area contributed by atoms with Crippen LogP contribution in [-0.2, 0) is 19.6 Å². The molecule has 4 heterocycles. The van der Waals surface area contributed by atoms with E-state index in [9.17, 15) is 0 Å². The van der Waals surface area contributed by atoms with Crippen molar-refractivity contribution in [3.8, 4) is 5.75 Å². The van der Waals surface area contributed by atoms with Crippen molar-refractivity contribution >= 4 is 38.8 Å². The summed E-state index contributed by atoms with van der Waals surface area (Å²) in [4.78, 5) is 14.1. The van der Waals surface area contributed by atoms with E-state index in [1.807, 2.05) is 12.1 Å². The zero-order valence-corrected chi connectivity index (χ0v) is 15.7. The summed E-state index contributed by atoms with van der Waals surface area (Å²) in [6.07, 6.45) is 2.76. The Labute approximate surface area is 159 Å². The predicted molar refractivity (Wildman–Crippen MR) is 102 cm³/mol. The highest BCUT2D eigenvalue weighted by Gasteiger charge is 2.22. The predicted octanol–water partition coefficient (Wildman–Crippen LogP) is 3.56. The smallest absolute Gasteiger partial charge is 0.189 e. The number of nitrogens with zero attached hydrogens (tertiary/aromatic N) is 5. The van der Waals surface area contributed by atoms with Gasteiger partial charge in [-0.1, -0.05) is 11.6 Å². The highest BCUT2D eigenvalue weighted by atomic mass is 35.5. The van der Waals surface area contributed by atoms with Gasteiger partial charge in [0.2, 0.25) is 0 Å². The molecule has 1 aliphatic rings. The van der Waals surface area contributed by atoms with Crippen molar-refractivity contribution in [3.63, 3.8) is 0 Å². The third-order valence-electron chi connectivity index (χ3n) is 4.59. The Kier molecular flexibility index (Phi) is 3.81. The summed E-state index contributed by atoms with van der Waals surface area (Å²) >= 11 is 7.66. The van der Waals surface area contributed by atoms with Gasteiger partial charge >= 0.3 is 0 Å². The molecule has 0 radical (unpaired) electrons. The van der Waals surface area contributed by atoms with Crippen molar-refractivity contribution in [1.82, 2.24) is 24.5 Å². The van der Waals surface area contributed by atoms with Crippen LogP contribution < -0.4 is 4.74 Å². The molecule has 132 valence electrons. The molecule has 0 saturated carbocycles. The number of hydrogen-bond acceptors (Lipinski definition) is 6. The number of halogens is 1. The number of benzene rings is 1. The Bertz CT molecular complexity index is 1100. The Morgan fingerprint density at radius 1 is 1.27 bits per heavy atom. The Morgan fingerprint density at radius 3 is 2.96 bits per heavy atom. The van der Waals surface area contributed by atoms with Gasteiger partial charge in [0.25, 0.3) is 0 Å². The van der Waals surface area contributed by atoms with Crippen LogP contribution in [0.4, 0.5) is 0 Å². The molecule has 1 aromatic carbocycles. The average Bonchev–Trinajstić information content (AvgIpc) is 3.20. The van der Waals surface area contributed by atoms with E-state index >= 15 is 0 Å². The monoisotopic (exact) mass is 385 g/mol. The number of ether oxygens (including phenoxy) is 1. The largest absolute Gasteiger partial charge is 0.486 e. The van der Waals surface area contributed by atoms with Crippen LogP contribution in [0, 0.1) is 0 Å². The van der Waals surface area contributed by atoms with Gasteiger partial charge in [0.1, 0.15) is 23.5 Å². The fourth-order valence-corrected chi connectivity index (χ4v) is 4.69. The highest BCUT2D eigenvalue weighted by molar-refractivity contribution is 7.19. The molecule has 0 N–H and O–H groups in total. The van der Waals surface area contributed by atoms with Gasteiger partial charge in [0, 0.05) is 23.0 Å². The molecule has 3 aromatic heterocycles. The van der Waals surface area contributed by atoms with Crippen LogP contribution in [0.5, 0.6) is 5.75 Å². The summed E-state index contributed by atoms with van der Waals surface area (Å²) in [5, 5.41) is 6.35. The third-order valence-corrected chi connectivity index (χ3v) is 5.97. The van der Waals surface area contributed by atoms with Crippen LogP contribution in [0.25, 0.3) is 15.9 Å². The first-order chi connectivity index (χ1) is 12.7. The van der Waals surface area contributed by atoms with Crippen LogP contribution >= 0.6 is 22.9 Å². The van der Waals surface area contributed by atoms with Crippen molar-refractivity contribution in [2.75, 3.05) is 13.6 Å². The summed E-state index contributed by atoms with van der Waals surface area (Å²) < 4.78 is 7.53. The summed E-state index contributed by atoms with van der Waals surface area (Å²) in [5.74, 6) is 1.38. The quantitative estimate of drug-likeness (QED) is 0.539. The van der Waals surface area contributed by atoms with Crippen LogP contribution in [0.3, 0.4) is 0 Å². The molecule has 0 fully saturated rings. The summed E-state index contributed by atoms with van der Waals surface area (Å²) in [6.45, 7) is 2.34. The lowest BCUT2D eigenvalue weighted by atomic mass is 10.1. The normalized spacial score (nSPS) is 14.8. The molecule has 1 aliphatic heterocycles. The Balaban J connectivity index is 1.50. The Morgan fingerprint density at radius 2 is 2.12 bits per heavy atom. The van der Waals surface area contributed by atoms with Crippen molar-refractivity contribution < 1.29 is 4.74 Å². The minimum atomic E-state index is 0.305. The zero-order chi connectivity index (χ0) is 17.7. The molecule has 5 rings (SSSR count). The van der Waals surface area contributed by atoms with E-state index in [0.29, 0.717) is 17.5 Å². The van der Waals surface area contributed by atoms with Gasteiger partial charge in [0.15, 0.2) is 11.5 Å². The van der Waals surface area contributed by atoms with Gasteiger partial charge in [-0.05, 0) is 43.3 Å². The van der Waals surface area contributed by atoms with E-state index in [4.69, 9.17) is 21.3 Å². The molecule has 0 saturated heterocycles. The number of fused-ring (bicyclic) bond motifs is 5. The van der Waals surface area contributed by atoms with Crippen molar-refractivity contribution in [3.05, 3.63) is 51.9 Å². The molecule has 8 heteroatoms. The van der Waals surface area contributed by atoms with E-state index in [0.717, 1.165) is 41.1 Å². The third kappa shape index (κ3) is 2.72. The number of thiophene rings is 1. The van der Waals surface area contributed by atoms with Gasteiger partial charge in [-0.3, -0.25) is 0 Å².